The third-order valence-electron chi connectivity index (χ3n) is 4.17. The van der Waals surface area contributed by atoms with Crippen molar-refractivity contribution in [3.05, 3.63) is 0 Å². The Bertz CT molecular complexity index is 674. The molecule has 33 heavy (non-hydrogen) atoms. The Morgan fingerprint density at radius 3 is 1.09 bits per heavy atom. The van der Waals surface area contributed by atoms with Crippen LogP contribution in [0.5, 0.6) is 0 Å². The molecule has 0 N–H and O–H groups in total. The Morgan fingerprint density at radius 1 is 0.545 bits per heavy atom. The van der Waals surface area contributed by atoms with E-state index in [1.165, 1.54) is 0 Å². The fraction of sp³-hybridized carbons (Fsp3) is 1.00. The number of hydrogen-bond acceptors (Lipinski definition) is 2. The quantitative estimate of drug-likeness (QED) is 0.212. The topological polar surface area (TPSA) is 18.5 Å². The van der Waals surface area contributed by atoms with Crippen molar-refractivity contribution in [1.82, 2.24) is 0 Å². The van der Waals surface area contributed by atoms with Gasteiger partial charge in [0.1, 0.15) is 0 Å². The Kier molecular flexibility index (Phi) is 8.58. The molecule has 199 valence electrons. The lowest BCUT2D eigenvalue weighted by atomic mass is 9.87. The minimum Gasteiger partial charge on any atom is -0.397 e. The van der Waals surface area contributed by atoms with Crippen LogP contribution >= 0.6 is 0 Å². The average Bonchev–Trinajstić information content (AvgIpc) is 2.64. The SMILES string of the molecule is CO[Si](CC(F)(F)C(F)(F)C(F)(F)C(F)(F)C(F)(F)C(F)(F)C(F)(F)C(F)(F)C(C)F)OC. The zero-order valence-electron chi connectivity index (χ0n) is 16.0. The normalized spacial score (nSPS) is 17.0. The summed E-state index contributed by atoms with van der Waals surface area (Å²) in [4.78, 5) is 0. The predicted octanol–water partition coefficient (Wildman–Crippen LogP) is 6.21. The molecule has 0 aliphatic rings. The van der Waals surface area contributed by atoms with Gasteiger partial charge in [0.2, 0.25) is 0 Å². The van der Waals surface area contributed by atoms with E-state index in [1.807, 2.05) is 0 Å². The molecule has 0 heterocycles. The van der Waals surface area contributed by atoms with Gasteiger partial charge in [0.25, 0.3) is 0 Å². The summed E-state index contributed by atoms with van der Waals surface area (Å²) in [6.07, 6.45) is -4.49. The first-order valence-corrected chi connectivity index (χ1v) is 9.31. The summed E-state index contributed by atoms with van der Waals surface area (Å²) in [5, 5.41) is 0. The Balaban J connectivity index is 6.74. The maximum absolute atomic E-state index is 13.6. The van der Waals surface area contributed by atoms with Crippen LogP contribution in [0.25, 0.3) is 0 Å². The highest BCUT2D eigenvalue weighted by Gasteiger charge is 2.95. The molecule has 0 saturated heterocycles. The molecular formula is C13H12F17O2Si. The summed E-state index contributed by atoms with van der Waals surface area (Å²) in [5.74, 6) is -62.8. The third-order valence-corrected chi connectivity index (χ3v) is 5.81. The molecule has 0 aliphatic heterocycles. The van der Waals surface area contributed by atoms with Crippen molar-refractivity contribution in [2.45, 2.75) is 66.5 Å². The van der Waals surface area contributed by atoms with Gasteiger partial charge < -0.3 is 8.85 Å². The van der Waals surface area contributed by atoms with Crippen LogP contribution in [-0.2, 0) is 8.85 Å². The molecule has 2 nitrogen and oxygen atoms in total. The molecule has 20 heteroatoms. The second-order valence-corrected chi connectivity index (χ2v) is 8.26. The van der Waals surface area contributed by atoms with Crippen molar-refractivity contribution in [3.63, 3.8) is 0 Å². The van der Waals surface area contributed by atoms with Crippen LogP contribution in [0.1, 0.15) is 6.92 Å². The van der Waals surface area contributed by atoms with Crippen molar-refractivity contribution >= 4 is 9.28 Å². The van der Waals surface area contributed by atoms with Crippen molar-refractivity contribution in [1.29, 1.82) is 0 Å². The highest BCUT2D eigenvalue weighted by Crippen LogP contribution is 2.64. The largest absolute Gasteiger partial charge is 0.397 e. The Labute approximate surface area is 174 Å². The summed E-state index contributed by atoms with van der Waals surface area (Å²) in [6, 6.07) is -2.68. The van der Waals surface area contributed by atoms with Crippen molar-refractivity contribution in [3.8, 4) is 0 Å². The van der Waals surface area contributed by atoms with Crippen LogP contribution < -0.4 is 0 Å². The standard InChI is InChI=1S/C13H12F17O2Si/c1-5(14)7(17,18)9(21,22)11(25,26)13(29,30)12(27,28)10(23,24)8(19,20)6(15,16)4-33(31-2)32-3/h5H,4H2,1-3H3. The predicted molar refractivity (Wildman–Crippen MR) is 74.7 cm³/mol. The van der Waals surface area contributed by atoms with Gasteiger partial charge in [-0.05, 0) is 6.92 Å². The lowest BCUT2D eigenvalue weighted by molar-refractivity contribution is -0.454. The van der Waals surface area contributed by atoms with Gasteiger partial charge in [0.15, 0.2) is 6.17 Å². The summed E-state index contributed by atoms with van der Waals surface area (Å²) in [5.41, 5.74) is 0. The van der Waals surface area contributed by atoms with Gasteiger partial charge in [-0.15, -0.1) is 0 Å². The monoisotopic (exact) mass is 551 g/mol. The minimum absolute atomic E-state index is 0.474. The molecule has 0 aliphatic carbocycles. The number of alkyl halides is 17. The van der Waals surface area contributed by atoms with E-state index in [1.54, 1.807) is 0 Å². The molecule has 1 unspecified atom stereocenters. The van der Waals surface area contributed by atoms with Crippen molar-refractivity contribution < 1.29 is 83.5 Å². The van der Waals surface area contributed by atoms with E-state index < -0.39 is 75.8 Å². The van der Waals surface area contributed by atoms with E-state index in [4.69, 9.17) is 0 Å². The van der Waals surface area contributed by atoms with Gasteiger partial charge >= 0.3 is 56.7 Å². The van der Waals surface area contributed by atoms with Gasteiger partial charge in [0.05, 0.1) is 6.04 Å². The summed E-state index contributed by atoms with van der Waals surface area (Å²) in [7, 11) is -2.74. The van der Waals surface area contributed by atoms with E-state index >= 15 is 0 Å². The Morgan fingerprint density at radius 2 is 0.818 bits per heavy atom. The van der Waals surface area contributed by atoms with Crippen molar-refractivity contribution in [2.75, 3.05) is 14.2 Å². The molecule has 0 aromatic carbocycles. The second-order valence-electron chi connectivity index (χ2n) is 6.35. The van der Waals surface area contributed by atoms with E-state index in [9.17, 15) is 74.6 Å². The number of hydrogen-bond donors (Lipinski definition) is 0. The van der Waals surface area contributed by atoms with E-state index in [0.29, 0.717) is 14.2 Å². The molecule has 0 saturated carbocycles. The first-order valence-electron chi connectivity index (χ1n) is 7.79. The molecule has 0 amide bonds. The summed E-state index contributed by atoms with van der Waals surface area (Å²) < 4.78 is 236. The molecule has 0 bridgehead atoms. The maximum atomic E-state index is 13.6. The highest BCUT2D eigenvalue weighted by atomic mass is 28.3. The molecule has 1 radical (unpaired) electrons. The van der Waals surface area contributed by atoms with Gasteiger partial charge in [-0.3, -0.25) is 0 Å². The fourth-order valence-electron chi connectivity index (χ4n) is 2.00. The fourth-order valence-corrected chi connectivity index (χ4v) is 3.04. The molecule has 1 atom stereocenters. The third kappa shape index (κ3) is 4.38. The van der Waals surface area contributed by atoms with E-state index in [-0.39, 0.29) is 0 Å². The smallest absolute Gasteiger partial charge is 0.390 e. The molecule has 0 fully saturated rings. The molecule has 0 aromatic rings. The molecule has 0 rings (SSSR count). The van der Waals surface area contributed by atoms with Crippen LogP contribution in [0.4, 0.5) is 74.6 Å². The zero-order valence-corrected chi connectivity index (χ0v) is 17.0. The zero-order chi connectivity index (χ0) is 27.3. The van der Waals surface area contributed by atoms with E-state index in [2.05, 4.69) is 8.85 Å². The van der Waals surface area contributed by atoms with Gasteiger partial charge in [-0.1, -0.05) is 0 Å². The minimum atomic E-state index is -8.57. The Hall–Kier alpha value is -1.05. The summed E-state index contributed by atoms with van der Waals surface area (Å²) in [6.45, 7) is -0.644. The first kappa shape index (κ1) is 31.9. The first-order chi connectivity index (χ1) is 14.2. The average molecular weight is 551 g/mol. The van der Waals surface area contributed by atoms with Crippen molar-refractivity contribution in [2.24, 2.45) is 0 Å². The van der Waals surface area contributed by atoms with Gasteiger partial charge in [-0.25, -0.2) is 4.39 Å². The lowest BCUT2D eigenvalue weighted by Gasteiger charge is -2.44. The number of rotatable bonds is 12. The van der Waals surface area contributed by atoms with Crippen LogP contribution in [0.15, 0.2) is 0 Å². The number of halogens is 17. The van der Waals surface area contributed by atoms with E-state index in [0.717, 1.165) is 0 Å². The summed E-state index contributed by atoms with van der Waals surface area (Å²) >= 11 is 0. The van der Waals surface area contributed by atoms with Crippen LogP contribution in [0.2, 0.25) is 6.04 Å². The molecular weight excluding hydrogens is 539 g/mol. The van der Waals surface area contributed by atoms with Gasteiger partial charge in [0, 0.05) is 14.2 Å². The molecule has 0 aromatic heterocycles. The molecule has 0 spiro atoms. The van der Waals surface area contributed by atoms with Crippen LogP contribution in [0.3, 0.4) is 0 Å². The van der Waals surface area contributed by atoms with Crippen LogP contribution in [-0.4, -0.2) is 77.1 Å². The lowest BCUT2D eigenvalue weighted by Crippen LogP contribution is -2.75. The van der Waals surface area contributed by atoms with Gasteiger partial charge in [-0.2, -0.15) is 70.2 Å². The van der Waals surface area contributed by atoms with Crippen LogP contribution in [0, 0.1) is 0 Å². The second kappa shape index (κ2) is 8.87. The highest BCUT2D eigenvalue weighted by molar-refractivity contribution is 6.44. The maximum Gasteiger partial charge on any atom is 0.390 e.